The average Bonchev–Trinajstić information content (AvgIpc) is 3.24. The van der Waals surface area contributed by atoms with Crippen molar-refractivity contribution >= 4 is 52.2 Å². The van der Waals surface area contributed by atoms with Gasteiger partial charge in [-0.3, -0.25) is 4.79 Å². The molecular formula is C22H21ClN4O4S. The highest BCUT2D eigenvalue weighted by molar-refractivity contribution is 7.13. The first-order valence-corrected chi connectivity index (χ1v) is 10.9. The number of thiazole rings is 1. The maximum atomic E-state index is 12.4. The molecule has 3 aromatic rings. The topological polar surface area (TPSA) is 120 Å². The summed E-state index contributed by atoms with van der Waals surface area (Å²) in [5, 5.41) is 19.7. The van der Waals surface area contributed by atoms with Crippen LogP contribution in [-0.2, 0) is 4.79 Å². The molecule has 32 heavy (non-hydrogen) atoms. The Morgan fingerprint density at radius 1 is 1.03 bits per heavy atom. The molecule has 0 aliphatic rings. The lowest BCUT2D eigenvalue weighted by atomic mass is 10.0. The first kappa shape index (κ1) is 23.2. The van der Waals surface area contributed by atoms with Gasteiger partial charge in [0, 0.05) is 16.6 Å². The van der Waals surface area contributed by atoms with Gasteiger partial charge >= 0.3 is 12.0 Å². The molecule has 0 bridgehead atoms. The Morgan fingerprint density at radius 2 is 1.72 bits per heavy atom. The van der Waals surface area contributed by atoms with Crippen molar-refractivity contribution in [2.75, 3.05) is 10.6 Å². The number of aliphatic carboxylic acids is 1. The van der Waals surface area contributed by atoms with Crippen molar-refractivity contribution in [3.63, 3.8) is 0 Å². The number of hydrogen-bond acceptors (Lipinski definition) is 5. The van der Waals surface area contributed by atoms with Crippen molar-refractivity contribution in [3.8, 4) is 10.6 Å². The lowest BCUT2D eigenvalue weighted by Gasteiger charge is -2.16. The van der Waals surface area contributed by atoms with Crippen LogP contribution in [-0.4, -0.2) is 34.0 Å². The summed E-state index contributed by atoms with van der Waals surface area (Å²) in [6.07, 6.45) is 0. The molecular weight excluding hydrogens is 452 g/mol. The normalized spacial score (nSPS) is 11.6. The van der Waals surface area contributed by atoms with E-state index in [4.69, 9.17) is 11.6 Å². The number of carbonyl (C=O) groups excluding carboxylic acids is 2. The van der Waals surface area contributed by atoms with E-state index in [9.17, 15) is 19.5 Å². The number of urea groups is 1. The zero-order chi connectivity index (χ0) is 23.3. The highest BCUT2D eigenvalue weighted by Crippen LogP contribution is 2.26. The van der Waals surface area contributed by atoms with Crippen LogP contribution in [0.5, 0.6) is 0 Å². The maximum Gasteiger partial charge on any atom is 0.326 e. The Bertz CT molecular complexity index is 1130. The van der Waals surface area contributed by atoms with Gasteiger partial charge in [0.15, 0.2) is 0 Å². The zero-order valence-electron chi connectivity index (χ0n) is 17.3. The van der Waals surface area contributed by atoms with Crippen LogP contribution in [0.15, 0.2) is 53.9 Å². The molecule has 10 heteroatoms. The SMILES string of the molecule is CC(C)[C@H](NC(=O)c1csc(-c2ccc(NC(=O)Nc3ccccc3Cl)cc2)n1)C(=O)O. The van der Waals surface area contributed by atoms with Gasteiger partial charge in [0.2, 0.25) is 0 Å². The number of hydrogen-bond donors (Lipinski definition) is 4. The standard InChI is InChI=1S/C22H21ClN4O4S/c1-12(2)18(21(29)30)27-19(28)17-11-32-20(25-17)13-7-9-14(10-8-13)24-22(31)26-16-6-4-3-5-15(16)23/h3-12,18H,1-2H3,(H,27,28)(H,29,30)(H2,24,26,31)/t18-/m0/s1. The van der Waals surface area contributed by atoms with E-state index in [0.29, 0.717) is 21.4 Å². The lowest BCUT2D eigenvalue weighted by Crippen LogP contribution is -2.44. The minimum absolute atomic E-state index is 0.151. The van der Waals surface area contributed by atoms with Crippen LogP contribution in [0.2, 0.25) is 5.02 Å². The molecule has 166 valence electrons. The first-order valence-electron chi connectivity index (χ1n) is 9.66. The van der Waals surface area contributed by atoms with Gasteiger partial charge in [-0.2, -0.15) is 0 Å². The number of para-hydroxylation sites is 1. The Balaban J connectivity index is 1.63. The second kappa shape index (κ2) is 10.3. The summed E-state index contributed by atoms with van der Waals surface area (Å²) in [7, 11) is 0. The molecule has 0 aliphatic carbocycles. The number of rotatable bonds is 7. The number of carboxylic acids is 1. The summed E-state index contributed by atoms with van der Waals surface area (Å²) in [5.41, 5.74) is 1.97. The lowest BCUT2D eigenvalue weighted by molar-refractivity contribution is -0.140. The fourth-order valence-corrected chi connectivity index (χ4v) is 3.77. The summed E-state index contributed by atoms with van der Waals surface area (Å²) >= 11 is 7.30. The molecule has 1 aromatic heterocycles. The molecule has 4 N–H and O–H groups in total. The quantitative estimate of drug-likeness (QED) is 0.388. The number of benzene rings is 2. The number of amides is 3. The second-order valence-corrected chi connectivity index (χ2v) is 8.47. The molecule has 1 heterocycles. The number of anilines is 2. The van der Waals surface area contributed by atoms with Crippen LogP contribution in [0.4, 0.5) is 16.2 Å². The Morgan fingerprint density at radius 3 is 2.34 bits per heavy atom. The van der Waals surface area contributed by atoms with Crippen molar-refractivity contribution in [3.05, 3.63) is 64.6 Å². The molecule has 8 nitrogen and oxygen atoms in total. The highest BCUT2D eigenvalue weighted by Gasteiger charge is 2.25. The molecule has 1 atom stereocenters. The third-order valence-electron chi connectivity index (χ3n) is 4.47. The number of carboxylic acid groups (broad SMARTS) is 1. The average molecular weight is 473 g/mol. The monoisotopic (exact) mass is 472 g/mol. The van der Waals surface area contributed by atoms with Crippen molar-refractivity contribution in [2.45, 2.75) is 19.9 Å². The van der Waals surface area contributed by atoms with Crippen LogP contribution in [0, 0.1) is 5.92 Å². The van der Waals surface area contributed by atoms with Crippen molar-refractivity contribution in [1.82, 2.24) is 10.3 Å². The van der Waals surface area contributed by atoms with E-state index in [0.717, 1.165) is 5.56 Å². The minimum Gasteiger partial charge on any atom is -0.480 e. The van der Waals surface area contributed by atoms with Gasteiger partial charge in [0.25, 0.3) is 5.91 Å². The smallest absolute Gasteiger partial charge is 0.326 e. The van der Waals surface area contributed by atoms with E-state index in [1.807, 2.05) is 0 Å². The molecule has 3 amide bonds. The van der Waals surface area contributed by atoms with Crippen LogP contribution in [0.3, 0.4) is 0 Å². The molecule has 3 rings (SSSR count). The van der Waals surface area contributed by atoms with Gasteiger partial charge in [0.05, 0.1) is 10.7 Å². The van der Waals surface area contributed by atoms with E-state index in [2.05, 4.69) is 20.9 Å². The van der Waals surface area contributed by atoms with Crippen molar-refractivity contribution in [1.29, 1.82) is 0 Å². The third kappa shape index (κ3) is 5.83. The molecule has 0 saturated heterocycles. The summed E-state index contributed by atoms with van der Waals surface area (Å²) in [6.45, 7) is 3.44. The van der Waals surface area contributed by atoms with E-state index < -0.39 is 23.9 Å². The predicted octanol–water partition coefficient (Wildman–Crippen LogP) is 4.95. The second-order valence-electron chi connectivity index (χ2n) is 7.21. The van der Waals surface area contributed by atoms with E-state index in [-0.39, 0.29) is 11.6 Å². The van der Waals surface area contributed by atoms with E-state index in [1.54, 1.807) is 67.8 Å². The summed E-state index contributed by atoms with van der Waals surface area (Å²) in [6, 6.07) is 12.4. The van der Waals surface area contributed by atoms with E-state index in [1.165, 1.54) is 11.3 Å². The molecule has 0 unspecified atom stereocenters. The molecule has 2 aromatic carbocycles. The maximum absolute atomic E-state index is 12.4. The van der Waals surface area contributed by atoms with Crippen LogP contribution in [0.25, 0.3) is 10.6 Å². The zero-order valence-corrected chi connectivity index (χ0v) is 18.8. The Kier molecular flexibility index (Phi) is 7.45. The number of halogens is 1. The summed E-state index contributed by atoms with van der Waals surface area (Å²) in [5.74, 6) is -1.89. The Labute approximate surface area is 193 Å². The molecule has 0 radical (unpaired) electrons. The highest BCUT2D eigenvalue weighted by atomic mass is 35.5. The van der Waals surface area contributed by atoms with Gasteiger partial charge in [-0.05, 0) is 42.3 Å². The van der Waals surface area contributed by atoms with Crippen molar-refractivity contribution < 1.29 is 19.5 Å². The predicted molar refractivity (Wildman–Crippen MR) is 125 cm³/mol. The van der Waals surface area contributed by atoms with E-state index >= 15 is 0 Å². The van der Waals surface area contributed by atoms with Gasteiger partial charge in [0.1, 0.15) is 16.7 Å². The van der Waals surface area contributed by atoms with Gasteiger partial charge in [-0.1, -0.05) is 37.6 Å². The van der Waals surface area contributed by atoms with Gasteiger partial charge in [-0.15, -0.1) is 11.3 Å². The number of nitrogens with one attached hydrogen (secondary N) is 3. The Hall–Kier alpha value is -3.43. The van der Waals surface area contributed by atoms with Crippen LogP contribution in [0.1, 0.15) is 24.3 Å². The van der Waals surface area contributed by atoms with Crippen molar-refractivity contribution in [2.24, 2.45) is 5.92 Å². The molecule has 0 saturated carbocycles. The number of carbonyl (C=O) groups is 3. The fourth-order valence-electron chi connectivity index (χ4n) is 2.78. The van der Waals surface area contributed by atoms with Gasteiger partial charge in [-0.25, -0.2) is 14.6 Å². The largest absolute Gasteiger partial charge is 0.480 e. The first-order chi connectivity index (χ1) is 15.2. The number of aromatic nitrogens is 1. The van der Waals surface area contributed by atoms with Crippen LogP contribution >= 0.6 is 22.9 Å². The summed E-state index contributed by atoms with van der Waals surface area (Å²) in [4.78, 5) is 40.1. The molecule has 0 aliphatic heterocycles. The van der Waals surface area contributed by atoms with Gasteiger partial charge < -0.3 is 21.1 Å². The molecule has 0 spiro atoms. The van der Waals surface area contributed by atoms with Crippen LogP contribution < -0.4 is 16.0 Å². The fraction of sp³-hybridized carbons (Fsp3) is 0.182. The minimum atomic E-state index is -1.09. The summed E-state index contributed by atoms with van der Waals surface area (Å²) < 4.78 is 0. The third-order valence-corrected chi connectivity index (χ3v) is 5.69. The molecule has 0 fully saturated rings. The number of nitrogens with zero attached hydrogens (tertiary/aromatic N) is 1.